The number of ether oxygens (including phenoxy) is 1. The SMILES string of the molecule is COc1cc(CNC(=O)c2cccc(NS(=O)(=O)c3ccc(Cl)c(Cl)c3)c2)ccc1O. The number of benzene rings is 3. The van der Waals surface area contributed by atoms with Crippen molar-refractivity contribution in [2.75, 3.05) is 11.8 Å². The maximum absolute atomic E-state index is 12.6. The number of hydrogen-bond acceptors (Lipinski definition) is 5. The first kappa shape index (κ1) is 22.7. The van der Waals surface area contributed by atoms with Gasteiger partial charge in [-0.1, -0.05) is 35.3 Å². The molecule has 3 aromatic rings. The lowest BCUT2D eigenvalue weighted by molar-refractivity contribution is 0.0951. The van der Waals surface area contributed by atoms with E-state index in [0.29, 0.717) is 5.75 Å². The second kappa shape index (κ2) is 9.47. The number of carbonyl (C=O) groups is 1. The molecule has 0 aliphatic rings. The molecule has 3 aromatic carbocycles. The molecule has 0 fully saturated rings. The predicted molar refractivity (Wildman–Crippen MR) is 120 cm³/mol. The lowest BCUT2D eigenvalue weighted by Gasteiger charge is -2.11. The van der Waals surface area contributed by atoms with Gasteiger partial charge in [-0.15, -0.1) is 0 Å². The lowest BCUT2D eigenvalue weighted by atomic mass is 10.1. The zero-order valence-electron chi connectivity index (χ0n) is 16.2. The molecule has 0 spiro atoms. The van der Waals surface area contributed by atoms with Gasteiger partial charge in [0.15, 0.2) is 11.5 Å². The van der Waals surface area contributed by atoms with Gasteiger partial charge < -0.3 is 15.2 Å². The summed E-state index contributed by atoms with van der Waals surface area (Å²) in [7, 11) is -2.49. The van der Waals surface area contributed by atoms with Crippen LogP contribution in [0.2, 0.25) is 10.0 Å². The molecule has 0 aromatic heterocycles. The largest absolute Gasteiger partial charge is 0.504 e. The normalized spacial score (nSPS) is 11.1. The average molecular weight is 481 g/mol. The fourth-order valence-electron chi connectivity index (χ4n) is 2.70. The van der Waals surface area contributed by atoms with Crippen molar-refractivity contribution in [1.29, 1.82) is 0 Å². The monoisotopic (exact) mass is 480 g/mol. The zero-order chi connectivity index (χ0) is 22.6. The number of sulfonamides is 1. The summed E-state index contributed by atoms with van der Waals surface area (Å²) in [6.07, 6.45) is 0. The second-order valence-corrected chi connectivity index (χ2v) is 8.95. The Kier molecular flexibility index (Phi) is 6.94. The third-order valence-electron chi connectivity index (χ3n) is 4.28. The van der Waals surface area contributed by atoms with Gasteiger partial charge in [0.25, 0.3) is 15.9 Å². The summed E-state index contributed by atoms with van der Waals surface area (Å²) >= 11 is 11.7. The van der Waals surface area contributed by atoms with Crippen LogP contribution in [0.4, 0.5) is 5.69 Å². The number of rotatable bonds is 7. The molecule has 0 aliphatic heterocycles. The van der Waals surface area contributed by atoms with E-state index in [0.717, 1.165) is 5.56 Å². The Balaban J connectivity index is 1.72. The Morgan fingerprint density at radius 1 is 1.03 bits per heavy atom. The minimum absolute atomic E-state index is 0.000429. The number of aromatic hydroxyl groups is 1. The van der Waals surface area contributed by atoms with E-state index in [1.807, 2.05) is 0 Å². The molecule has 0 unspecified atom stereocenters. The highest BCUT2D eigenvalue weighted by molar-refractivity contribution is 7.92. The van der Waals surface area contributed by atoms with Crippen LogP contribution in [-0.4, -0.2) is 26.5 Å². The molecule has 0 radical (unpaired) electrons. The van der Waals surface area contributed by atoms with E-state index in [4.69, 9.17) is 27.9 Å². The van der Waals surface area contributed by atoms with Crippen LogP contribution in [0, 0.1) is 0 Å². The molecule has 31 heavy (non-hydrogen) atoms. The summed E-state index contributed by atoms with van der Waals surface area (Å²) < 4.78 is 32.7. The summed E-state index contributed by atoms with van der Waals surface area (Å²) in [4.78, 5) is 12.5. The Bertz CT molecular complexity index is 1230. The maximum atomic E-state index is 12.6. The Labute approximate surface area is 189 Å². The maximum Gasteiger partial charge on any atom is 0.261 e. The fraction of sp³-hybridized carbons (Fsp3) is 0.0952. The van der Waals surface area contributed by atoms with Crippen LogP contribution in [0.3, 0.4) is 0 Å². The standard InChI is InChI=1S/C21H18Cl2N2O5S/c1-30-20-9-13(5-8-19(20)26)12-24-21(27)14-3-2-4-15(10-14)25-31(28,29)16-6-7-17(22)18(23)11-16/h2-11,25-26H,12H2,1H3,(H,24,27). The number of hydrogen-bond donors (Lipinski definition) is 3. The number of anilines is 1. The van der Waals surface area contributed by atoms with Crippen molar-refractivity contribution in [2.24, 2.45) is 0 Å². The van der Waals surface area contributed by atoms with Crippen molar-refractivity contribution < 1.29 is 23.1 Å². The molecule has 0 bridgehead atoms. The van der Waals surface area contributed by atoms with Crippen LogP contribution in [-0.2, 0) is 16.6 Å². The van der Waals surface area contributed by atoms with E-state index in [-0.39, 0.29) is 38.5 Å². The van der Waals surface area contributed by atoms with Crippen molar-refractivity contribution in [2.45, 2.75) is 11.4 Å². The molecular weight excluding hydrogens is 463 g/mol. The number of amides is 1. The predicted octanol–water partition coefficient (Wildman–Crippen LogP) is 4.44. The summed E-state index contributed by atoms with van der Waals surface area (Å²) in [5.41, 5.74) is 1.20. The summed E-state index contributed by atoms with van der Waals surface area (Å²) in [5.74, 6) is -0.104. The highest BCUT2D eigenvalue weighted by atomic mass is 35.5. The Morgan fingerprint density at radius 3 is 2.52 bits per heavy atom. The number of carbonyl (C=O) groups excluding carboxylic acids is 1. The van der Waals surface area contributed by atoms with Gasteiger partial charge in [-0.3, -0.25) is 9.52 Å². The van der Waals surface area contributed by atoms with Gasteiger partial charge in [0.05, 0.1) is 22.1 Å². The first-order valence-corrected chi connectivity index (χ1v) is 11.2. The minimum atomic E-state index is -3.92. The van der Waals surface area contributed by atoms with E-state index in [1.54, 1.807) is 24.3 Å². The topological polar surface area (TPSA) is 105 Å². The molecule has 7 nitrogen and oxygen atoms in total. The molecule has 3 rings (SSSR count). The average Bonchev–Trinajstić information content (AvgIpc) is 2.74. The minimum Gasteiger partial charge on any atom is -0.504 e. The number of nitrogens with one attached hydrogen (secondary N) is 2. The smallest absolute Gasteiger partial charge is 0.261 e. The molecule has 162 valence electrons. The van der Waals surface area contributed by atoms with Gasteiger partial charge >= 0.3 is 0 Å². The molecule has 1 amide bonds. The molecule has 0 aliphatic carbocycles. The van der Waals surface area contributed by atoms with Crippen molar-refractivity contribution >= 4 is 44.8 Å². The number of halogens is 2. The number of phenolic OH excluding ortho intramolecular Hbond substituents is 1. The fourth-order valence-corrected chi connectivity index (χ4v) is 4.14. The van der Waals surface area contributed by atoms with E-state index < -0.39 is 15.9 Å². The van der Waals surface area contributed by atoms with Crippen LogP contribution in [0.5, 0.6) is 11.5 Å². The van der Waals surface area contributed by atoms with Crippen LogP contribution in [0.25, 0.3) is 0 Å². The Hall–Kier alpha value is -2.94. The second-order valence-electron chi connectivity index (χ2n) is 6.45. The molecule has 10 heteroatoms. The summed E-state index contributed by atoms with van der Waals surface area (Å²) in [6, 6.07) is 14.8. The van der Waals surface area contributed by atoms with E-state index in [1.165, 1.54) is 43.5 Å². The third kappa shape index (κ3) is 5.61. The van der Waals surface area contributed by atoms with Gasteiger partial charge in [0, 0.05) is 17.8 Å². The highest BCUT2D eigenvalue weighted by Gasteiger charge is 2.17. The molecule has 3 N–H and O–H groups in total. The molecular formula is C21H18Cl2N2O5S. The lowest BCUT2D eigenvalue weighted by Crippen LogP contribution is -2.23. The molecule has 0 saturated heterocycles. The van der Waals surface area contributed by atoms with Crippen LogP contribution < -0.4 is 14.8 Å². The molecule has 0 heterocycles. The van der Waals surface area contributed by atoms with Crippen LogP contribution >= 0.6 is 23.2 Å². The van der Waals surface area contributed by atoms with Crippen molar-refractivity contribution in [3.63, 3.8) is 0 Å². The summed E-state index contributed by atoms with van der Waals surface area (Å²) in [5, 5.41) is 12.7. The molecule has 0 saturated carbocycles. The van der Waals surface area contributed by atoms with Crippen molar-refractivity contribution in [3.8, 4) is 11.5 Å². The van der Waals surface area contributed by atoms with E-state index >= 15 is 0 Å². The van der Waals surface area contributed by atoms with Gasteiger partial charge in [-0.2, -0.15) is 0 Å². The van der Waals surface area contributed by atoms with Crippen molar-refractivity contribution in [3.05, 3.63) is 81.8 Å². The highest BCUT2D eigenvalue weighted by Crippen LogP contribution is 2.27. The zero-order valence-corrected chi connectivity index (χ0v) is 18.6. The third-order valence-corrected chi connectivity index (χ3v) is 6.39. The molecule has 0 atom stereocenters. The van der Waals surface area contributed by atoms with Gasteiger partial charge in [-0.25, -0.2) is 8.42 Å². The first-order valence-electron chi connectivity index (χ1n) is 8.91. The van der Waals surface area contributed by atoms with E-state index in [2.05, 4.69) is 10.0 Å². The van der Waals surface area contributed by atoms with Crippen LogP contribution in [0.1, 0.15) is 15.9 Å². The quantitative estimate of drug-likeness (QED) is 0.463. The van der Waals surface area contributed by atoms with Crippen molar-refractivity contribution in [1.82, 2.24) is 5.32 Å². The van der Waals surface area contributed by atoms with Gasteiger partial charge in [0.1, 0.15) is 0 Å². The van der Waals surface area contributed by atoms with Gasteiger partial charge in [0.2, 0.25) is 0 Å². The van der Waals surface area contributed by atoms with E-state index in [9.17, 15) is 18.3 Å². The number of methoxy groups -OCH3 is 1. The number of phenols is 1. The van der Waals surface area contributed by atoms with Gasteiger partial charge in [-0.05, 0) is 54.1 Å². The summed E-state index contributed by atoms with van der Waals surface area (Å²) in [6.45, 7) is 0.189. The first-order chi connectivity index (χ1) is 14.7. The van der Waals surface area contributed by atoms with Crippen LogP contribution in [0.15, 0.2) is 65.6 Å². The Morgan fingerprint density at radius 2 is 1.81 bits per heavy atom.